The van der Waals surface area contributed by atoms with Crippen LogP contribution in [0.15, 0.2) is 267 Å². The van der Waals surface area contributed by atoms with Gasteiger partial charge in [-0.3, -0.25) is 17.9 Å². The van der Waals surface area contributed by atoms with E-state index in [1.807, 2.05) is 0 Å². The quantitative estimate of drug-likeness (QED) is 0.142. The van der Waals surface area contributed by atoms with E-state index < -0.39 is 0 Å². The molecule has 0 unspecified atom stereocenters. The summed E-state index contributed by atoms with van der Waals surface area (Å²) < 4.78 is 11.7. The number of fused-ring (bicyclic) bond motifs is 13. The van der Waals surface area contributed by atoms with E-state index in [0.717, 1.165) is 150 Å². The minimum absolute atomic E-state index is 0.135. The molecule has 0 spiro atoms. The Morgan fingerprint density at radius 1 is 0.308 bits per heavy atom. The maximum Gasteiger partial charge on any atom is 0.222 e. The van der Waals surface area contributed by atoms with Crippen molar-refractivity contribution in [2.24, 2.45) is 0 Å². The van der Waals surface area contributed by atoms with Crippen molar-refractivity contribution in [1.29, 1.82) is 0 Å². The van der Waals surface area contributed by atoms with Gasteiger partial charge in [-0.2, -0.15) is 0 Å². The van der Waals surface area contributed by atoms with Crippen molar-refractivity contribution >= 4 is 83.2 Å². The Bertz CT molecular complexity index is 5750. The third-order valence-electron chi connectivity index (χ3n) is 18.6. The van der Waals surface area contributed by atoms with E-state index >= 15 is 0 Å². The Labute approximate surface area is 527 Å². The first-order valence-corrected chi connectivity index (χ1v) is 31.3. The lowest BCUT2D eigenvalue weighted by Gasteiger charge is -2.24. The van der Waals surface area contributed by atoms with Crippen molar-refractivity contribution < 1.29 is 0 Å². The van der Waals surface area contributed by atoms with E-state index in [-0.39, 0.29) is 10.8 Å². The average Bonchev–Trinajstić information content (AvgIpc) is 1.56. The largest absolute Gasteiger partial charge is 0.317 e. The normalized spacial score (nSPS) is 12.3. The van der Waals surface area contributed by atoms with Crippen LogP contribution >= 0.6 is 0 Å². The Kier molecular flexibility index (Phi) is 12.0. The molecule has 0 aliphatic rings. The lowest BCUT2D eigenvalue weighted by Crippen LogP contribution is -2.11. The second-order valence-corrected chi connectivity index (χ2v) is 26.2. The monoisotopic (exact) mass is 1170 g/mol. The molecule has 0 atom stereocenters. The molecule has 434 valence electrons. The lowest BCUT2D eigenvalue weighted by molar-refractivity contribution is 0.590. The van der Waals surface area contributed by atoms with Gasteiger partial charge in [0.05, 0.1) is 73.1 Å². The first-order chi connectivity index (χ1) is 44.4. The SMILES string of the molecule is [C-]#[N+]c1c(-c2ccccc2)c(-n2c3ccc(-c4ccccc4)cc3n3c4cc(-c5ccccc5)ccc4nc23)cc(-n2c3ccc(-c4ccccc4)cc3n3c4cc(-c5ccccc5)ccc4nc23)c1-n1c2ccc(C(C)(C)C)cc2c2cc(C(C)(C)C)ccc21. The summed E-state index contributed by atoms with van der Waals surface area (Å²) in [5.74, 6) is 1.44. The van der Waals surface area contributed by atoms with Crippen LogP contribution in [0.5, 0.6) is 0 Å². The van der Waals surface area contributed by atoms with E-state index in [9.17, 15) is 6.57 Å². The third kappa shape index (κ3) is 8.49. The van der Waals surface area contributed by atoms with Gasteiger partial charge in [0.25, 0.3) is 0 Å². The Balaban J connectivity index is 1.08. The third-order valence-corrected chi connectivity index (χ3v) is 18.6. The molecule has 0 aliphatic heterocycles. The molecule has 0 saturated heterocycles. The zero-order chi connectivity index (χ0) is 61.4. The molecular weight excluding hydrogens is 1110 g/mol. The van der Waals surface area contributed by atoms with Crippen LogP contribution < -0.4 is 0 Å². The fourth-order valence-electron chi connectivity index (χ4n) is 14.0. The number of imidazole rings is 4. The summed E-state index contributed by atoms with van der Waals surface area (Å²) in [7, 11) is 0. The molecule has 8 heteroatoms. The predicted octanol–water partition coefficient (Wildman–Crippen LogP) is 21.8. The minimum Gasteiger partial charge on any atom is -0.317 e. The topological polar surface area (TPSA) is 53.8 Å². The smallest absolute Gasteiger partial charge is 0.222 e. The van der Waals surface area contributed by atoms with Crippen molar-refractivity contribution in [1.82, 2.24) is 32.5 Å². The average molecular weight is 1170 g/mol. The molecule has 17 rings (SSSR count). The van der Waals surface area contributed by atoms with E-state index in [1.54, 1.807) is 0 Å². The first-order valence-electron chi connectivity index (χ1n) is 31.3. The summed E-state index contributed by atoms with van der Waals surface area (Å²) in [4.78, 5) is 16.3. The molecule has 91 heavy (non-hydrogen) atoms. The zero-order valence-electron chi connectivity index (χ0n) is 51.5. The Hall–Kier alpha value is -11.5. The van der Waals surface area contributed by atoms with E-state index in [4.69, 9.17) is 14.8 Å². The highest BCUT2D eigenvalue weighted by atomic mass is 15.2. The van der Waals surface area contributed by atoms with Gasteiger partial charge in [0.2, 0.25) is 17.2 Å². The summed E-state index contributed by atoms with van der Waals surface area (Å²) in [5, 5.41) is 2.25. The molecule has 0 aliphatic carbocycles. The molecule has 0 N–H and O–H groups in total. The van der Waals surface area contributed by atoms with E-state index in [1.165, 1.54) is 11.1 Å². The fourth-order valence-corrected chi connectivity index (χ4v) is 14.0. The molecule has 0 amide bonds. The first kappa shape index (κ1) is 53.7. The zero-order valence-corrected chi connectivity index (χ0v) is 51.5. The maximum absolute atomic E-state index is 10.0. The number of benzene rings is 12. The summed E-state index contributed by atoms with van der Waals surface area (Å²) in [6, 6.07) is 96.0. The van der Waals surface area contributed by atoms with Gasteiger partial charge >= 0.3 is 0 Å². The van der Waals surface area contributed by atoms with E-state index in [2.05, 4.69) is 331 Å². The van der Waals surface area contributed by atoms with Crippen LogP contribution in [-0.4, -0.2) is 32.5 Å². The highest BCUT2D eigenvalue weighted by Crippen LogP contribution is 2.51. The van der Waals surface area contributed by atoms with Crippen molar-refractivity contribution in [2.45, 2.75) is 52.4 Å². The van der Waals surface area contributed by atoms with Gasteiger partial charge in [-0.05, 0) is 151 Å². The second-order valence-electron chi connectivity index (χ2n) is 26.2. The predicted molar refractivity (Wildman–Crippen MR) is 378 cm³/mol. The molecule has 0 fully saturated rings. The van der Waals surface area contributed by atoms with Crippen LogP contribution in [0.25, 0.3) is 155 Å². The van der Waals surface area contributed by atoms with Crippen molar-refractivity contribution in [3.63, 3.8) is 0 Å². The molecule has 0 radical (unpaired) electrons. The Morgan fingerprint density at radius 2 is 0.659 bits per heavy atom. The van der Waals surface area contributed by atoms with Crippen molar-refractivity contribution in [2.75, 3.05) is 0 Å². The minimum atomic E-state index is -0.135. The molecule has 12 aromatic carbocycles. The number of hydrogen-bond acceptors (Lipinski definition) is 2. The summed E-state index contributed by atoms with van der Waals surface area (Å²) in [6.45, 7) is 23.7. The van der Waals surface area contributed by atoms with Crippen LogP contribution in [0.4, 0.5) is 5.69 Å². The summed E-state index contributed by atoms with van der Waals surface area (Å²) in [5.41, 5.74) is 25.1. The van der Waals surface area contributed by atoms with Gasteiger partial charge in [-0.25, -0.2) is 14.8 Å². The van der Waals surface area contributed by atoms with Crippen molar-refractivity contribution in [3.05, 3.63) is 289 Å². The van der Waals surface area contributed by atoms with Gasteiger partial charge in [-0.1, -0.05) is 230 Å². The standard InChI is InChI=1S/C83H62N8/c1-82(2,3)61-37-43-67-63(49-61)64-50-62(83(4,5)6)38-44-68(64)87(67)79-76(89-70-42-36-60(55-29-19-11-20-30-55)48-74(70)91-72-46-58(53-25-15-9-16-26-53)34-40-66(72)86-81(89)91)51-75(77(78(79)84-7)56-31-21-12-22-32-56)88-69-41-35-59(54-27-17-10-18-28-54)47-73(69)90-71-45-57(52-23-13-8-14-24-52)33-39-65(71)85-80(88)90/h8-51H,1-6H3. The van der Waals surface area contributed by atoms with Crippen LogP contribution in [-0.2, 0) is 10.8 Å². The van der Waals surface area contributed by atoms with Gasteiger partial charge in [-0.15, -0.1) is 0 Å². The lowest BCUT2D eigenvalue weighted by atomic mass is 9.85. The molecule has 17 aromatic rings. The molecule has 5 aromatic heterocycles. The summed E-state index contributed by atoms with van der Waals surface area (Å²) >= 11 is 0. The van der Waals surface area contributed by atoms with Crippen LogP contribution in [0.2, 0.25) is 0 Å². The number of aromatic nitrogens is 7. The molecular formula is C83H62N8. The maximum atomic E-state index is 10.0. The van der Waals surface area contributed by atoms with Crippen molar-refractivity contribution in [3.8, 4) is 72.7 Å². The van der Waals surface area contributed by atoms with Gasteiger partial charge in [0.1, 0.15) is 0 Å². The highest BCUT2D eigenvalue weighted by molar-refractivity contribution is 6.12. The molecule has 0 bridgehead atoms. The summed E-state index contributed by atoms with van der Waals surface area (Å²) in [6.07, 6.45) is 0. The van der Waals surface area contributed by atoms with Crippen LogP contribution in [0, 0.1) is 6.57 Å². The number of rotatable bonds is 8. The number of hydrogen-bond donors (Lipinski definition) is 0. The van der Waals surface area contributed by atoms with Crippen LogP contribution in [0.1, 0.15) is 52.7 Å². The van der Waals surface area contributed by atoms with Gasteiger partial charge in [0.15, 0.2) is 0 Å². The Morgan fingerprint density at radius 3 is 1.04 bits per heavy atom. The fraction of sp³-hybridized carbons (Fsp3) is 0.0964. The number of nitrogens with zero attached hydrogens (tertiary/aromatic N) is 8. The van der Waals surface area contributed by atoms with Crippen LogP contribution in [0.3, 0.4) is 0 Å². The molecule has 5 heterocycles. The van der Waals surface area contributed by atoms with E-state index in [0.29, 0.717) is 5.69 Å². The second kappa shape index (κ2) is 20.3. The van der Waals surface area contributed by atoms with Gasteiger partial charge in [0, 0.05) is 22.0 Å². The molecule has 0 saturated carbocycles. The molecule has 8 nitrogen and oxygen atoms in total. The van der Waals surface area contributed by atoms with Gasteiger partial charge < -0.3 is 4.57 Å². The highest BCUT2D eigenvalue weighted by Gasteiger charge is 2.32.